The van der Waals surface area contributed by atoms with E-state index in [0.29, 0.717) is 19.6 Å². The molecule has 1 aromatic rings. The van der Waals surface area contributed by atoms with Gasteiger partial charge in [-0.05, 0) is 19.0 Å². The van der Waals surface area contributed by atoms with Gasteiger partial charge in [-0.1, -0.05) is 17.7 Å². The minimum Gasteiger partial charge on any atom is -0.486 e. The summed E-state index contributed by atoms with van der Waals surface area (Å²) in [6, 6.07) is 4.41. The van der Waals surface area contributed by atoms with Crippen molar-refractivity contribution in [3.63, 3.8) is 0 Å². The highest BCUT2D eigenvalue weighted by atomic mass is 35.5. The molecule has 0 saturated carbocycles. The SMILES string of the molecule is NCCCOc1c(Cl)cccc1[N+](=O)[O-]. The molecule has 0 saturated heterocycles. The van der Waals surface area contributed by atoms with E-state index in [1.54, 1.807) is 6.07 Å². The van der Waals surface area contributed by atoms with Gasteiger partial charge in [-0.15, -0.1) is 0 Å². The number of halogens is 1. The lowest BCUT2D eigenvalue weighted by molar-refractivity contribution is -0.385. The van der Waals surface area contributed by atoms with Gasteiger partial charge < -0.3 is 10.5 Å². The van der Waals surface area contributed by atoms with Gasteiger partial charge in [-0.2, -0.15) is 0 Å². The Morgan fingerprint density at radius 1 is 1.53 bits per heavy atom. The third-order valence-corrected chi connectivity index (χ3v) is 2.04. The summed E-state index contributed by atoms with van der Waals surface area (Å²) in [5, 5.41) is 10.9. The molecule has 1 aromatic carbocycles. The standard InChI is InChI=1S/C9H11ClN2O3/c10-7-3-1-4-8(12(13)14)9(7)15-6-2-5-11/h1,3-4H,2,5-6,11H2. The first-order valence-corrected chi connectivity index (χ1v) is 4.80. The van der Waals surface area contributed by atoms with Crippen LogP contribution in [0.25, 0.3) is 0 Å². The molecule has 0 aliphatic heterocycles. The molecule has 5 nitrogen and oxygen atoms in total. The average Bonchev–Trinajstić information content (AvgIpc) is 2.20. The summed E-state index contributed by atoms with van der Waals surface area (Å²) >= 11 is 5.79. The normalized spacial score (nSPS) is 10.0. The number of hydrogen-bond donors (Lipinski definition) is 1. The van der Waals surface area contributed by atoms with E-state index in [9.17, 15) is 10.1 Å². The fraction of sp³-hybridized carbons (Fsp3) is 0.333. The molecule has 0 fully saturated rings. The lowest BCUT2D eigenvalue weighted by Gasteiger charge is -2.07. The Labute approximate surface area is 91.9 Å². The first kappa shape index (κ1) is 11.7. The van der Waals surface area contributed by atoms with E-state index in [-0.39, 0.29) is 16.5 Å². The lowest BCUT2D eigenvalue weighted by atomic mass is 10.3. The van der Waals surface area contributed by atoms with Gasteiger partial charge in [0.2, 0.25) is 5.75 Å². The molecule has 1 rings (SSSR count). The van der Waals surface area contributed by atoms with Crippen LogP contribution in [0.15, 0.2) is 18.2 Å². The second-order valence-electron chi connectivity index (χ2n) is 2.84. The van der Waals surface area contributed by atoms with Crippen molar-refractivity contribution in [1.82, 2.24) is 0 Å². The Kier molecular flexibility index (Phi) is 4.33. The summed E-state index contributed by atoms with van der Waals surface area (Å²) < 4.78 is 5.22. The monoisotopic (exact) mass is 230 g/mol. The minimum absolute atomic E-state index is 0.109. The summed E-state index contributed by atoms with van der Waals surface area (Å²) in [6.07, 6.45) is 0.627. The Balaban J connectivity index is 2.87. The molecular formula is C9H11ClN2O3. The van der Waals surface area contributed by atoms with Crippen molar-refractivity contribution in [3.8, 4) is 5.75 Å². The van der Waals surface area contributed by atoms with Crippen molar-refractivity contribution in [2.45, 2.75) is 6.42 Å². The van der Waals surface area contributed by atoms with Gasteiger partial charge in [-0.3, -0.25) is 10.1 Å². The number of ether oxygens (including phenoxy) is 1. The van der Waals surface area contributed by atoms with Crippen LogP contribution in [0.5, 0.6) is 5.75 Å². The molecule has 6 heteroatoms. The maximum absolute atomic E-state index is 10.6. The minimum atomic E-state index is -0.524. The van der Waals surface area contributed by atoms with Crippen LogP contribution in [0.4, 0.5) is 5.69 Å². The third-order valence-electron chi connectivity index (χ3n) is 1.74. The van der Waals surface area contributed by atoms with Crippen molar-refractivity contribution in [1.29, 1.82) is 0 Å². The van der Waals surface area contributed by atoms with Crippen LogP contribution in [-0.4, -0.2) is 18.1 Å². The molecule has 15 heavy (non-hydrogen) atoms. The summed E-state index contributed by atoms with van der Waals surface area (Å²) in [7, 11) is 0. The maximum Gasteiger partial charge on any atom is 0.312 e. The van der Waals surface area contributed by atoms with Gasteiger partial charge >= 0.3 is 5.69 Å². The fourth-order valence-electron chi connectivity index (χ4n) is 1.04. The Morgan fingerprint density at radius 2 is 2.27 bits per heavy atom. The van der Waals surface area contributed by atoms with E-state index in [0.717, 1.165) is 0 Å². The van der Waals surface area contributed by atoms with Crippen molar-refractivity contribution in [2.24, 2.45) is 5.73 Å². The quantitative estimate of drug-likeness (QED) is 0.477. The first-order chi connectivity index (χ1) is 7.16. The van der Waals surface area contributed by atoms with Crippen LogP contribution >= 0.6 is 11.6 Å². The first-order valence-electron chi connectivity index (χ1n) is 4.42. The van der Waals surface area contributed by atoms with Crippen molar-refractivity contribution >= 4 is 17.3 Å². The highest BCUT2D eigenvalue weighted by molar-refractivity contribution is 6.32. The van der Waals surface area contributed by atoms with E-state index in [2.05, 4.69) is 0 Å². The second-order valence-corrected chi connectivity index (χ2v) is 3.24. The van der Waals surface area contributed by atoms with Crippen LogP contribution in [0.3, 0.4) is 0 Å². The topological polar surface area (TPSA) is 78.4 Å². The Bertz CT molecular complexity index is 357. The van der Waals surface area contributed by atoms with Crippen LogP contribution < -0.4 is 10.5 Å². The molecule has 0 spiro atoms. The molecule has 2 N–H and O–H groups in total. The number of rotatable bonds is 5. The molecule has 0 atom stereocenters. The molecule has 0 aliphatic rings. The number of nitrogens with zero attached hydrogens (tertiary/aromatic N) is 1. The highest BCUT2D eigenvalue weighted by Crippen LogP contribution is 2.34. The Hall–Kier alpha value is -1.33. The van der Waals surface area contributed by atoms with Gasteiger partial charge in [0.1, 0.15) is 0 Å². The van der Waals surface area contributed by atoms with Crippen LogP contribution in [0.1, 0.15) is 6.42 Å². The summed E-state index contributed by atoms with van der Waals surface area (Å²) in [5.41, 5.74) is 5.16. The van der Waals surface area contributed by atoms with Crippen LogP contribution in [-0.2, 0) is 0 Å². The fourth-order valence-corrected chi connectivity index (χ4v) is 1.27. The highest BCUT2D eigenvalue weighted by Gasteiger charge is 2.17. The molecule has 0 heterocycles. The zero-order chi connectivity index (χ0) is 11.3. The van der Waals surface area contributed by atoms with Crippen LogP contribution in [0, 0.1) is 10.1 Å². The van der Waals surface area contributed by atoms with Gasteiger partial charge in [0, 0.05) is 6.07 Å². The molecular weight excluding hydrogens is 220 g/mol. The van der Waals surface area contributed by atoms with Crippen molar-refractivity contribution in [3.05, 3.63) is 33.3 Å². The number of nitro groups is 1. The van der Waals surface area contributed by atoms with Gasteiger partial charge in [0.25, 0.3) is 0 Å². The zero-order valence-corrected chi connectivity index (χ0v) is 8.74. The Morgan fingerprint density at radius 3 is 2.87 bits per heavy atom. The molecule has 82 valence electrons. The van der Waals surface area contributed by atoms with E-state index in [1.807, 2.05) is 0 Å². The summed E-state index contributed by atoms with van der Waals surface area (Å²) in [4.78, 5) is 10.1. The average molecular weight is 231 g/mol. The molecule has 0 aliphatic carbocycles. The third kappa shape index (κ3) is 3.07. The van der Waals surface area contributed by atoms with Gasteiger partial charge in [-0.25, -0.2) is 0 Å². The summed E-state index contributed by atoms with van der Waals surface area (Å²) in [6.45, 7) is 0.791. The number of para-hydroxylation sites is 1. The van der Waals surface area contributed by atoms with E-state index < -0.39 is 4.92 Å². The number of benzene rings is 1. The summed E-state index contributed by atoms with van der Waals surface area (Å²) in [5.74, 6) is 0.109. The smallest absolute Gasteiger partial charge is 0.312 e. The van der Waals surface area contributed by atoms with Crippen molar-refractivity contribution in [2.75, 3.05) is 13.2 Å². The van der Waals surface area contributed by atoms with Gasteiger partial charge in [0.05, 0.1) is 16.6 Å². The molecule has 0 unspecified atom stereocenters. The molecule has 0 radical (unpaired) electrons. The molecule has 0 amide bonds. The second kappa shape index (κ2) is 5.53. The number of nitrogens with two attached hydrogens (primary N) is 1. The number of nitro benzene ring substituents is 1. The largest absolute Gasteiger partial charge is 0.486 e. The predicted octanol–water partition coefficient (Wildman–Crippen LogP) is 1.98. The van der Waals surface area contributed by atoms with E-state index in [4.69, 9.17) is 22.1 Å². The molecule has 0 bridgehead atoms. The number of hydrogen-bond acceptors (Lipinski definition) is 4. The van der Waals surface area contributed by atoms with Crippen molar-refractivity contribution < 1.29 is 9.66 Å². The lowest BCUT2D eigenvalue weighted by Crippen LogP contribution is -2.07. The molecule has 0 aromatic heterocycles. The predicted molar refractivity (Wildman–Crippen MR) is 57.3 cm³/mol. The van der Waals surface area contributed by atoms with E-state index in [1.165, 1.54) is 12.1 Å². The van der Waals surface area contributed by atoms with E-state index >= 15 is 0 Å². The van der Waals surface area contributed by atoms with Gasteiger partial charge in [0.15, 0.2) is 0 Å². The van der Waals surface area contributed by atoms with Crippen LogP contribution in [0.2, 0.25) is 5.02 Å². The zero-order valence-electron chi connectivity index (χ0n) is 7.98. The maximum atomic E-state index is 10.6.